The van der Waals surface area contributed by atoms with E-state index in [1.807, 2.05) is 24.4 Å². The molecule has 83 valence electrons. The van der Waals surface area contributed by atoms with E-state index < -0.39 is 0 Å². The third-order valence-corrected chi connectivity index (χ3v) is 2.88. The summed E-state index contributed by atoms with van der Waals surface area (Å²) in [5.41, 5.74) is 3.44. The number of fused-ring (bicyclic) bond motifs is 1. The molecular formula is C15H12NO. The summed E-state index contributed by atoms with van der Waals surface area (Å²) in [5.74, 6) is 0.830. The molecule has 0 saturated carbocycles. The molecule has 2 nitrogen and oxygen atoms in total. The molecule has 1 aromatic heterocycles. The molecule has 0 aliphatic heterocycles. The summed E-state index contributed by atoms with van der Waals surface area (Å²) in [6.07, 6.45) is 1.95. The first-order valence-corrected chi connectivity index (χ1v) is 5.49. The fourth-order valence-corrected chi connectivity index (χ4v) is 1.97. The minimum atomic E-state index is 0.830. The molecule has 0 bridgehead atoms. The highest BCUT2D eigenvalue weighted by Gasteiger charge is 2.01. The summed E-state index contributed by atoms with van der Waals surface area (Å²) in [6.45, 7) is 0. The Labute approximate surface area is 99.9 Å². The minimum Gasteiger partial charge on any atom is -0.497 e. The van der Waals surface area contributed by atoms with Crippen LogP contribution in [0.4, 0.5) is 0 Å². The van der Waals surface area contributed by atoms with Crippen LogP contribution in [0.5, 0.6) is 5.75 Å². The molecular weight excluding hydrogens is 210 g/mol. The first-order valence-electron chi connectivity index (χ1n) is 5.49. The Bertz CT molecular complexity index is 655. The number of benzene rings is 2. The van der Waals surface area contributed by atoms with E-state index in [-0.39, 0.29) is 0 Å². The fourth-order valence-electron chi connectivity index (χ4n) is 1.97. The standard InChI is InChI=1S/C15H12NO/c1-17-14-4-2-3-11(10-14)12-5-6-15-13(9-12)7-8-16-15/h3-10,16H,1H3. The molecule has 0 unspecified atom stereocenters. The van der Waals surface area contributed by atoms with Gasteiger partial charge in [0, 0.05) is 11.7 Å². The van der Waals surface area contributed by atoms with E-state index in [1.165, 1.54) is 10.9 Å². The third-order valence-electron chi connectivity index (χ3n) is 2.88. The van der Waals surface area contributed by atoms with Crippen LogP contribution in [0.2, 0.25) is 0 Å². The van der Waals surface area contributed by atoms with Crippen molar-refractivity contribution in [1.82, 2.24) is 4.98 Å². The molecule has 0 spiro atoms. The van der Waals surface area contributed by atoms with Crippen LogP contribution in [0.1, 0.15) is 0 Å². The molecule has 0 amide bonds. The van der Waals surface area contributed by atoms with Crippen molar-refractivity contribution < 1.29 is 4.74 Å². The Hall–Kier alpha value is -2.22. The van der Waals surface area contributed by atoms with Crippen molar-refractivity contribution in [2.45, 2.75) is 0 Å². The molecule has 2 aromatic carbocycles. The van der Waals surface area contributed by atoms with Crippen molar-refractivity contribution in [2.75, 3.05) is 7.11 Å². The smallest absolute Gasteiger partial charge is 0.120 e. The zero-order chi connectivity index (χ0) is 11.7. The van der Waals surface area contributed by atoms with Gasteiger partial charge in [-0.2, -0.15) is 0 Å². The zero-order valence-electron chi connectivity index (χ0n) is 9.53. The van der Waals surface area contributed by atoms with Gasteiger partial charge >= 0.3 is 0 Å². The minimum absolute atomic E-state index is 0.830. The van der Waals surface area contributed by atoms with Gasteiger partial charge in [-0.1, -0.05) is 6.07 Å². The molecule has 3 rings (SSSR count). The second-order valence-corrected chi connectivity index (χ2v) is 3.94. The highest BCUT2D eigenvalue weighted by Crippen LogP contribution is 2.26. The van der Waals surface area contributed by atoms with Crippen LogP contribution >= 0.6 is 0 Å². The Kier molecular flexibility index (Phi) is 2.33. The lowest BCUT2D eigenvalue weighted by atomic mass is 10.0. The fraction of sp³-hybridized carbons (Fsp3) is 0.0667. The summed E-state index contributed by atoms with van der Waals surface area (Å²) < 4.78 is 5.21. The molecule has 2 heteroatoms. The maximum Gasteiger partial charge on any atom is 0.120 e. The first-order chi connectivity index (χ1) is 8.36. The van der Waals surface area contributed by atoms with Crippen LogP contribution in [0, 0.1) is 6.07 Å². The van der Waals surface area contributed by atoms with Crippen molar-refractivity contribution in [3.63, 3.8) is 0 Å². The van der Waals surface area contributed by atoms with Crippen LogP contribution in [0.3, 0.4) is 0 Å². The van der Waals surface area contributed by atoms with Crippen LogP contribution in [0.15, 0.2) is 48.7 Å². The molecule has 0 aliphatic rings. The van der Waals surface area contributed by atoms with Gasteiger partial charge in [-0.05, 0) is 59.0 Å². The molecule has 1 N–H and O–H groups in total. The maximum atomic E-state index is 5.21. The molecule has 0 aliphatic carbocycles. The monoisotopic (exact) mass is 222 g/mol. The number of hydrogen-bond donors (Lipinski definition) is 1. The summed E-state index contributed by atoms with van der Waals surface area (Å²) in [4.78, 5) is 3.19. The highest BCUT2D eigenvalue weighted by molar-refractivity contribution is 5.85. The van der Waals surface area contributed by atoms with E-state index in [1.54, 1.807) is 7.11 Å². The van der Waals surface area contributed by atoms with Gasteiger partial charge in [0.05, 0.1) is 7.11 Å². The molecule has 1 radical (unpaired) electrons. The normalized spacial score (nSPS) is 10.6. The van der Waals surface area contributed by atoms with E-state index in [2.05, 4.69) is 35.3 Å². The van der Waals surface area contributed by atoms with Crippen molar-refractivity contribution in [2.24, 2.45) is 0 Å². The zero-order valence-corrected chi connectivity index (χ0v) is 9.53. The van der Waals surface area contributed by atoms with E-state index in [4.69, 9.17) is 4.74 Å². The lowest BCUT2D eigenvalue weighted by molar-refractivity contribution is 0.415. The van der Waals surface area contributed by atoms with E-state index in [0.717, 1.165) is 16.8 Å². The molecule has 0 fully saturated rings. The Balaban J connectivity index is 2.12. The number of ether oxygens (including phenoxy) is 1. The lowest BCUT2D eigenvalue weighted by Gasteiger charge is -2.04. The van der Waals surface area contributed by atoms with Gasteiger partial charge in [0.2, 0.25) is 0 Å². The number of rotatable bonds is 2. The number of nitrogens with one attached hydrogen (secondary N) is 1. The lowest BCUT2D eigenvalue weighted by Crippen LogP contribution is -1.83. The predicted molar refractivity (Wildman–Crippen MR) is 69.1 cm³/mol. The van der Waals surface area contributed by atoms with Gasteiger partial charge < -0.3 is 9.72 Å². The highest BCUT2D eigenvalue weighted by atomic mass is 16.5. The largest absolute Gasteiger partial charge is 0.497 e. The van der Waals surface area contributed by atoms with E-state index in [9.17, 15) is 0 Å². The van der Waals surface area contributed by atoms with Crippen LogP contribution < -0.4 is 4.74 Å². The van der Waals surface area contributed by atoms with Gasteiger partial charge in [0.1, 0.15) is 5.75 Å². The first kappa shape index (κ1) is 9.97. The average molecular weight is 222 g/mol. The summed E-state index contributed by atoms with van der Waals surface area (Å²) >= 11 is 0. The number of H-pyrrole nitrogens is 1. The summed E-state index contributed by atoms with van der Waals surface area (Å²) in [5, 5.41) is 1.21. The molecule has 3 aromatic rings. The number of aromatic nitrogens is 1. The van der Waals surface area contributed by atoms with Crippen molar-refractivity contribution in [3.8, 4) is 16.9 Å². The molecule has 0 saturated heterocycles. The summed E-state index contributed by atoms with van der Waals surface area (Å²) in [7, 11) is 1.67. The second-order valence-electron chi connectivity index (χ2n) is 3.94. The molecule has 0 atom stereocenters. The summed E-state index contributed by atoms with van der Waals surface area (Å²) in [6, 6.07) is 17.3. The molecule has 1 heterocycles. The maximum absolute atomic E-state index is 5.21. The molecule has 17 heavy (non-hydrogen) atoms. The SMILES string of the molecule is COc1c[c]cc(-c2ccc3[nH]ccc3c2)c1. The van der Waals surface area contributed by atoms with Crippen LogP contribution in [0.25, 0.3) is 22.0 Å². The van der Waals surface area contributed by atoms with Crippen LogP contribution in [-0.2, 0) is 0 Å². The van der Waals surface area contributed by atoms with Crippen LogP contribution in [-0.4, -0.2) is 12.1 Å². The Morgan fingerprint density at radius 1 is 1.06 bits per heavy atom. The topological polar surface area (TPSA) is 25.0 Å². The number of hydrogen-bond acceptors (Lipinski definition) is 1. The average Bonchev–Trinajstić information content (AvgIpc) is 2.86. The predicted octanol–water partition coefficient (Wildman–Crippen LogP) is 3.64. The van der Waals surface area contributed by atoms with Crippen molar-refractivity contribution >= 4 is 10.9 Å². The second kappa shape index (κ2) is 3.98. The quantitative estimate of drug-likeness (QED) is 0.703. The Morgan fingerprint density at radius 3 is 2.88 bits per heavy atom. The van der Waals surface area contributed by atoms with E-state index >= 15 is 0 Å². The van der Waals surface area contributed by atoms with E-state index in [0.29, 0.717) is 0 Å². The van der Waals surface area contributed by atoms with Gasteiger partial charge in [-0.15, -0.1) is 0 Å². The Morgan fingerprint density at radius 2 is 2.00 bits per heavy atom. The van der Waals surface area contributed by atoms with Crippen molar-refractivity contribution in [1.29, 1.82) is 0 Å². The van der Waals surface area contributed by atoms with Gasteiger partial charge in [-0.25, -0.2) is 0 Å². The van der Waals surface area contributed by atoms with Crippen molar-refractivity contribution in [3.05, 3.63) is 54.7 Å². The number of aromatic amines is 1. The van der Waals surface area contributed by atoms with Gasteiger partial charge in [0.25, 0.3) is 0 Å². The number of methoxy groups -OCH3 is 1. The van der Waals surface area contributed by atoms with Gasteiger partial charge in [0.15, 0.2) is 0 Å². The van der Waals surface area contributed by atoms with Gasteiger partial charge in [-0.3, -0.25) is 0 Å². The third kappa shape index (κ3) is 1.78.